The van der Waals surface area contributed by atoms with Crippen molar-refractivity contribution in [2.24, 2.45) is 0 Å². The Morgan fingerprint density at radius 3 is 2.60 bits per heavy atom. The Kier molecular flexibility index (Phi) is 4.60. The Balaban J connectivity index is 2.48. The number of rotatable bonds is 4. The van der Waals surface area contributed by atoms with Crippen molar-refractivity contribution in [1.82, 2.24) is 4.98 Å². The van der Waals surface area contributed by atoms with E-state index in [9.17, 15) is 5.26 Å². The van der Waals surface area contributed by atoms with E-state index in [1.165, 1.54) is 0 Å². The lowest BCUT2D eigenvalue weighted by Crippen LogP contribution is -2.05. The number of nitrogens with one attached hydrogen (secondary N) is 1. The van der Waals surface area contributed by atoms with Crippen LogP contribution in [0.2, 0.25) is 5.02 Å². The Hall–Kier alpha value is -2.05. The number of benzene rings is 1. The van der Waals surface area contributed by atoms with E-state index in [0.29, 0.717) is 16.4 Å². The molecule has 3 nitrogen and oxygen atoms in total. The molecule has 102 valence electrons. The van der Waals surface area contributed by atoms with Crippen molar-refractivity contribution in [2.45, 2.75) is 20.3 Å². The minimum absolute atomic E-state index is 0.577. The van der Waals surface area contributed by atoms with Crippen LogP contribution >= 0.6 is 11.6 Å². The summed E-state index contributed by atoms with van der Waals surface area (Å²) in [6, 6.07) is 11.6. The third-order valence-corrected chi connectivity index (χ3v) is 3.25. The van der Waals surface area contributed by atoms with Gasteiger partial charge in [0.2, 0.25) is 0 Å². The van der Waals surface area contributed by atoms with Gasteiger partial charge in [-0.3, -0.25) is 0 Å². The SMILES string of the molecule is CCCNc1nc(-c2ccc(Cl)cc2)c(C)cc1C#N. The van der Waals surface area contributed by atoms with Crippen molar-refractivity contribution in [3.63, 3.8) is 0 Å². The molecule has 0 bridgehead atoms. The zero-order valence-electron chi connectivity index (χ0n) is 11.6. The van der Waals surface area contributed by atoms with Gasteiger partial charge in [0.1, 0.15) is 11.9 Å². The van der Waals surface area contributed by atoms with E-state index in [0.717, 1.165) is 29.8 Å². The van der Waals surface area contributed by atoms with Gasteiger partial charge in [0.15, 0.2) is 0 Å². The van der Waals surface area contributed by atoms with E-state index in [1.54, 1.807) is 0 Å². The molecule has 1 N–H and O–H groups in total. The van der Waals surface area contributed by atoms with E-state index < -0.39 is 0 Å². The minimum Gasteiger partial charge on any atom is -0.369 e. The standard InChI is InChI=1S/C16H16ClN3/c1-3-8-19-16-13(10-18)9-11(2)15(20-16)12-4-6-14(17)7-5-12/h4-7,9H,3,8H2,1-2H3,(H,19,20). The number of nitriles is 1. The van der Waals surface area contributed by atoms with E-state index in [-0.39, 0.29) is 0 Å². The molecule has 2 aromatic rings. The number of halogens is 1. The summed E-state index contributed by atoms with van der Waals surface area (Å²) in [5.41, 5.74) is 3.43. The molecule has 0 aliphatic carbocycles. The highest BCUT2D eigenvalue weighted by molar-refractivity contribution is 6.30. The van der Waals surface area contributed by atoms with Gasteiger partial charge in [0, 0.05) is 17.1 Å². The molecule has 1 heterocycles. The number of hydrogen-bond donors (Lipinski definition) is 1. The Morgan fingerprint density at radius 2 is 2.00 bits per heavy atom. The zero-order valence-corrected chi connectivity index (χ0v) is 12.3. The Labute approximate surface area is 124 Å². The maximum absolute atomic E-state index is 9.19. The summed E-state index contributed by atoms with van der Waals surface area (Å²) in [5, 5.41) is 13.1. The molecule has 0 atom stereocenters. The number of nitrogens with zero attached hydrogens (tertiary/aromatic N) is 2. The van der Waals surface area contributed by atoms with E-state index in [2.05, 4.69) is 23.3 Å². The predicted molar refractivity (Wildman–Crippen MR) is 82.9 cm³/mol. The second-order valence-corrected chi connectivity index (χ2v) is 5.03. The average molecular weight is 286 g/mol. The molecule has 0 radical (unpaired) electrons. The first-order valence-corrected chi connectivity index (χ1v) is 6.95. The molecule has 0 spiro atoms. The summed E-state index contributed by atoms with van der Waals surface area (Å²) in [6.07, 6.45) is 0.983. The Morgan fingerprint density at radius 1 is 1.30 bits per heavy atom. The number of aryl methyl sites for hydroxylation is 1. The first-order chi connectivity index (χ1) is 9.65. The van der Waals surface area contributed by atoms with Crippen LogP contribution in [0, 0.1) is 18.3 Å². The van der Waals surface area contributed by atoms with Crippen LogP contribution in [0.4, 0.5) is 5.82 Å². The molecule has 0 aliphatic heterocycles. The topological polar surface area (TPSA) is 48.7 Å². The molecule has 0 saturated carbocycles. The highest BCUT2D eigenvalue weighted by Crippen LogP contribution is 2.26. The molecular weight excluding hydrogens is 270 g/mol. The van der Waals surface area contributed by atoms with Crippen LogP contribution in [0.1, 0.15) is 24.5 Å². The smallest absolute Gasteiger partial charge is 0.144 e. The second-order valence-electron chi connectivity index (χ2n) is 4.60. The molecule has 20 heavy (non-hydrogen) atoms. The van der Waals surface area contributed by atoms with E-state index >= 15 is 0 Å². The van der Waals surface area contributed by atoms with Crippen molar-refractivity contribution in [1.29, 1.82) is 5.26 Å². The summed E-state index contributed by atoms with van der Waals surface area (Å²) in [4.78, 5) is 4.60. The fourth-order valence-electron chi connectivity index (χ4n) is 1.98. The zero-order chi connectivity index (χ0) is 14.5. The molecule has 0 unspecified atom stereocenters. The van der Waals surface area contributed by atoms with Crippen molar-refractivity contribution in [3.8, 4) is 17.3 Å². The predicted octanol–water partition coefficient (Wildman–Crippen LogP) is 4.40. The number of aromatic nitrogens is 1. The molecule has 4 heteroatoms. The van der Waals surface area contributed by atoms with Crippen molar-refractivity contribution in [2.75, 3.05) is 11.9 Å². The molecule has 0 fully saturated rings. The fourth-order valence-corrected chi connectivity index (χ4v) is 2.10. The van der Waals surface area contributed by atoms with Crippen molar-refractivity contribution < 1.29 is 0 Å². The lowest BCUT2D eigenvalue weighted by Gasteiger charge is -2.11. The summed E-state index contributed by atoms with van der Waals surface area (Å²) in [7, 11) is 0. The van der Waals surface area contributed by atoms with Crippen LogP contribution in [-0.2, 0) is 0 Å². The molecule has 0 saturated heterocycles. The summed E-state index contributed by atoms with van der Waals surface area (Å²) < 4.78 is 0. The fraction of sp³-hybridized carbons (Fsp3) is 0.250. The lowest BCUT2D eigenvalue weighted by atomic mass is 10.0. The summed E-state index contributed by atoms with van der Waals surface area (Å²) in [6.45, 7) is 4.83. The normalized spacial score (nSPS) is 10.1. The largest absolute Gasteiger partial charge is 0.369 e. The first kappa shape index (κ1) is 14.4. The molecule has 1 aromatic carbocycles. The summed E-state index contributed by atoms with van der Waals surface area (Å²) in [5.74, 6) is 0.643. The summed E-state index contributed by atoms with van der Waals surface area (Å²) >= 11 is 5.91. The van der Waals surface area contributed by atoms with Gasteiger partial charge in [0.25, 0.3) is 0 Å². The molecule has 0 aliphatic rings. The van der Waals surface area contributed by atoms with E-state index in [4.69, 9.17) is 11.6 Å². The van der Waals surface area contributed by atoms with Crippen LogP contribution < -0.4 is 5.32 Å². The van der Waals surface area contributed by atoms with Crippen molar-refractivity contribution >= 4 is 17.4 Å². The van der Waals surface area contributed by atoms with Crippen LogP contribution in [0.15, 0.2) is 30.3 Å². The van der Waals surface area contributed by atoms with Crippen LogP contribution in [0.5, 0.6) is 0 Å². The lowest BCUT2D eigenvalue weighted by molar-refractivity contribution is 0.967. The second kappa shape index (κ2) is 6.40. The minimum atomic E-state index is 0.577. The third kappa shape index (κ3) is 3.09. The number of pyridine rings is 1. The number of anilines is 1. The van der Waals surface area contributed by atoms with Gasteiger partial charge in [0.05, 0.1) is 11.3 Å². The van der Waals surface area contributed by atoms with Crippen LogP contribution in [0.3, 0.4) is 0 Å². The van der Waals surface area contributed by atoms with Crippen LogP contribution in [0.25, 0.3) is 11.3 Å². The monoisotopic (exact) mass is 285 g/mol. The van der Waals surface area contributed by atoms with Gasteiger partial charge >= 0.3 is 0 Å². The quantitative estimate of drug-likeness (QED) is 0.905. The van der Waals surface area contributed by atoms with E-state index in [1.807, 2.05) is 37.3 Å². The molecule has 1 aromatic heterocycles. The van der Waals surface area contributed by atoms with Gasteiger partial charge in [-0.05, 0) is 37.1 Å². The van der Waals surface area contributed by atoms with Crippen molar-refractivity contribution in [3.05, 3.63) is 46.5 Å². The maximum Gasteiger partial charge on any atom is 0.144 e. The Bertz CT molecular complexity index is 642. The highest BCUT2D eigenvalue weighted by Gasteiger charge is 2.10. The maximum atomic E-state index is 9.19. The molecule has 0 amide bonds. The first-order valence-electron chi connectivity index (χ1n) is 6.57. The highest BCUT2D eigenvalue weighted by atomic mass is 35.5. The molecule has 2 rings (SSSR count). The van der Waals surface area contributed by atoms with Gasteiger partial charge in [-0.2, -0.15) is 5.26 Å². The number of hydrogen-bond acceptors (Lipinski definition) is 3. The van der Waals surface area contributed by atoms with Gasteiger partial charge in [-0.15, -0.1) is 0 Å². The third-order valence-electron chi connectivity index (χ3n) is 2.99. The van der Waals surface area contributed by atoms with Gasteiger partial charge in [-0.25, -0.2) is 4.98 Å². The molecular formula is C16H16ClN3. The van der Waals surface area contributed by atoms with Gasteiger partial charge < -0.3 is 5.32 Å². The average Bonchev–Trinajstić information content (AvgIpc) is 2.46. The van der Waals surface area contributed by atoms with Crippen LogP contribution in [-0.4, -0.2) is 11.5 Å². The van der Waals surface area contributed by atoms with Gasteiger partial charge in [-0.1, -0.05) is 30.7 Å².